The number of anilines is 1. The van der Waals surface area contributed by atoms with Crippen LogP contribution in [0, 0.1) is 5.92 Å². The van der Waals surface area contributed by atoms with Crippen LogP contribution in [-0.4, -0.2) is 87.3 Å². The molecule has 13 heteroatoms. The Morgan fingerprint density at radius 3 is 2.59 bits per heavy atom. The molecule has 37 heavy (non-hydrogen) atoms. The summed E-state index contributed by atoms with van der Waals surface area (Å²) in [4.78, 5) is 24.0. The third kappa shape index (κ3) is 6.33. The first kappa shape index (κ1) is 28.8. The predicted octanol–water partition coefficient (Wildman–Crippen LogP) is 4.27. The van der Waals surface area contributed by atoms with Gasteiger partial charge in [-0.25, -0.2) is 13.4 Å². The number of carbonyl (C=O) groups excluding carboxylic acids is 1. The number of benzene rings is 1. The van der Waals surface area contributed by atoms with Crippen LogP contribution in [0.5, 0.6) is 0 Å². The van der Waals surface area contributed by atoms with Gasteiger partial charge in [-0.3, -0.25) is 14.6 Å². The molecular weight excluding hydrogens is 572 g/mol. The minimum absolute atomic E-state index is 0. The maximum atomic E-state index is 13.9. The zero-order valence-electron chi connectivity index (χ0n) is 20.6. The molecule has 0 atom stereocenters. The van der Waals surface area contributed by atoms with Crippen molar-refractivity contribution in [3.63, 3.8) is 0 Å². The Kier molecular flexibility index (Phi) is 9.90. The van der Waals surface area contributed by atoms with Gasteiger partial charge in [0.05, 0.1) is 23.4 Å². The van der Waals surface area contributed by atoms with Crippen molar-refractivity contribution in [2.75, 3.05) is 63.6 Å². The average Bonchev–Trinajstić information content (AvgIpc) is 3.60. The summed E-state index contributed by atoms with van der Waals surface area (Å²) < 4.78 is 34.3. The quantitative estimate of drug-likeness (QED) is 0.356. The zero-order valence-corrected chi connectivity index (χ0v) is 24.7. The topological polar surface area (TPSA) is 83.0 Å². The third-order valence-corrected chi connectivity index (χ3v) is 11.8. The zero-order chi connectivity index (χ0) is 25.1. The van der Waals surface area contributed by atoms with E-state index >= 15 is 0 Å². The van der Waals surface area contributed by atoms with E-state index in [-0.39, 0.29) is 24.2 Å². The van der Waals surface area contributed by atoms with Crippen LogP contribution in [0.4, 0.5) is 5.13 Å². The van der Waals surface area contributed by atoms with E-state index in [0.717, 1.165) is 39.9 Å². The number of nitrogens with zero attached hydrogens (tertiary/aromatic N) is 4. The second kappa shape index (κ2) is 12.7. The van der Waals surface area contributed by atoms with E-state index in [0.29, 0.717) is 49.9 Å². The fraction of sp³-hybridized carbons (Fsp3) is 0.500. The number of ether oxygens (including phenoxy) is 1. The van der Waals surface area contributed by atoms with Crippen molar-refractivity contribution in [2.45, 2.75) is 21.9 Å². The van der Waals surface area contributed by atoms with Gasteiger partial charge in [-0.05, 0) is 42.7 Å². The molecule has 0 spiro atoms. The van der Waals surface area contributed by atoms with E-state index in [9.17, 15) is 13.2 Å². The third-order valence-electron chi connectivity index (χ3n) is 6.72. The van der Waals surface area contributed by atoms with Gasteiger partial charge in [0.25, 0.3) is 10.0 Å². The highest BCUT2D eigenvalue weighted by atomic mass is 35.5. The fourth-order valence-electron chi connectivity index (χ4n) is 4.66. The number of rotatable bonds is 8. The molecule has 0 aliphatic carbocycles. The SMILES string of the molecule is CSc1cccc2sc(N(CCN3CCOCC3)C(=O)C3CCN(S(=O)(=O)c4cccs4)CC3)nc12.Cl. The first-order valence-corrected chi connectivity index (χ1v) is 16.4. The molecular formula is C24H31ClN4O4S4. The Morgan fingerprint density at radius 1 is 1.16 bits per heavy atom. The van der Waals surface area contributed by atoms with Crippen molar-refractivity contribution in [3.8, 4) is 0 Å². The highest BCUT2D eigenvalue weighted by molar-refractivity contribution is 7.98. The van der Waals surface area contributed by atoms with E-state index in [1.165, 1.54) is 15.6 Å². The van der Waals surface area contributed by atoms with Crippen LogP contribution in [0.3, 0.4) is 0 Å². The Morgan fingerprint density at radius 2 is 1.92 bits per heavy atom. The predicted molar refractivity (Wildman–Crippen MR) is 154 cm³/mol. The summed E-state index contributed by atoms with van der Waals surface area (Å²) in [5.74, 6) is -0.183. The van der Waals surface area contributed by atoms with Gasteiger partial charge in [0.15, 0.2) is 5.13 Å². The molecule has 1 aromatic carbocycles. The standard InChI is InChI=1S/C24H30N4O4S4.ClH/c1-33-19-4-2-5-20-22(19)25-24(35-20)28(12-11-26-13-15-32-16-14-26)23(29)18-7-9-27(10-8-18)36(30,31)21-6-3-17-34-21;/h2-6,17-18H,7-16H2,1H3;1H. The van der Waals surface area contributed by atoms with Gasteiger partial charge in [-0.15, -0.1) is 35.5 Å². The van der Waals surface area contributed by atoms with Crippen LogP contribution < -0.4 is 4.90 Å². The van der Waals surface area contributed by atoms with Crippen molar-refractivity contribution in [2.24, 2.45) is 5.92 Å². The molecule has 2 aromatic heterocycles. The Bertz CT molecular complexity index is 1290. The molecule has 2 aliphatic rings. The molecule has 2 fully saturated rings. The number of thiophene rings is 1. The van der Waals surface area contributed by atoms with Gasteiger partial charge in [-0.1, -0.05) is 23.5 Å². The molecule has 0 bridgehead atoms. The number of piperidine rings is 1. The van der Waals surface area contributed by atoms with E-state index in [1.54, 1.807) is 40.6 Å². The summed E-state index contributed by atoms with van der Waals surface area (Å²) in [5, 5.41) is 2.49. The Hall–Kier alpha value is -1.25. The number of hydrogen-bond donors (Lipinski definition) is 0. The summed E-state index contributed by atoms with van der Waals surface area (Å²) >= 11 is 4.43. The normalized spacial score (nSPS) is 18.1. The lowest BCUT2D eigenvalue weighted by Crippen LogP contribution is -2.47. The van der Waals surface area contributed by atoms with Crippen LogP contribution in [0.2, 0.25) is 0 Å². The van der Waals surface area contributed by atoms with Gasteiger partial charge >= 0.3 is 0 Å². The largest absolute Gasteiger partial charge is 0.379 e. The monoisotopic (exact) mass is 602 g/mol. The smallest absolute Gasteiger partial charge is 0.252 e. The average molecular weight is 603 g/mol. The number of para-hydroxylation sites is 1. The van der Waals surface area contributed by atoms with E-state index in [2.05, 4.69) is 17.0 Å². The van der Waals surface area contributed by atoms with Crippen molar-refractivity contribution < 1.29 is 17.9 Å². The molecule has 0 saturated carbocycles. The first-order chi connectivity index (χ1) is 17.5. The number of amides is 1. The summed E-state index contributed by atoms with van der Waals surface area (Å²) in [5.41, 5.74) is 0.936. The Labute approximate surface area is 236 Å². The minimum Gasteiger partial charge on any atom is -0.379 e. The van der Waals surface area contributed by atoms with Crippen molar-refractivity contribution in [1.82, 2.24) is 14.2 Å². The van der Waals surface area contributed by atoms with Crippen molar-refractivity contribution in [1.29, 1.82) is 0 Å². The molecule has 2 saturated heterocycles. The van der Waals surface area contributed by atoms with E-state index in [1.807, 2.05) is 17.2 Å². The van der Waals surface area contributed by atoms with Crippen molar-refractivity contribution in [3.05, 3.63) is 35.7 Å². The van der Waals surface area contributed by atoms with E-state index in [4.69, 9.17) is 9.72 Å². The first-order valence-electron chi connectivity index (χ1n) is 12.1. The summed E-state index contributed by atoms with van der Waals surface area (Å²) in [7, 11) is -3.49. The van der Waals surface area contributed by atoms with Crippen LogP contribution in [0.25, 0.3) is 10.2 Å². The molecule has 3 aromatic rings. The maximum absolute atomic E-state index is 13.9. The lowest BCUT2D eigenvalue weighted by molar-refractivity contribution is -0.123. The van der Waals surface area contributed by atoms with Crippen LogP contribution in [0.1, 0.15) is 12.8 Å². The number of thiazole rings is 1. The molecule has 0 unspecified atom stereocenters. The molecule has 1 amide bonds. The maximum Gasteiger partial charge on any atom is 0.252 e. The van der Waals surface area contributed by atoms with Gasteiger partial charge in [0, 0.05) is 50.1 Å². The number of carbonyl (C=O) groups is 1. The highest BCUT2D eigenvalue weighted by Crippen LogP contribution is 2.35. The van der Waals surface area contributed by atoms with Gasteiger partial charge in [-0.2, -0.15) is 4.31 Å². The number of hydrogen-bond acceptors (Lipinski definition) is 9. The molecule has 2 aliphatic heterocycles. The van der Waals surface area contributed by atoms with Crippen LogP contribution in [-0.2, 0) is 19.6 Å². The number of fused-ring (bicyclic) bond motifs is 1. The molecule has 8 nitrogen and oxygen atoms in total. The molecule has 5 rings (SSSR count). The Balaban J connectivity index is 0.00000320. The van der Waals surface area contributed by atoms with Crippen molar-refractivity contribution >= 4 is 78.1 Å². The highest BCUT2D eigenvalue weighted by Gasteiger charge is 2.35. The molecule has 4 heterocycles. The van der Waals surface area contributed by atoms with Gasteiger partial charge in [0.1, 0.15) is 4.21 Å². The molecule has 202 valence electrons. The summed E-state index contributed by atoms with van der Waals surface area (Å²) in [6, 6.07) is 9.52. The minimum atomic E-state index is -3.49. The fourth-order valence-corrected chi connectivity index (χ4v) is 8.93. The van der Waals surface area contributed by atoms with E-state index < -0.39 is 10.0 Å². The van der Waals surface area contributed by atoms with Crippen LogP contribution >= 0.6 is 46.8 Å². The van der Waals surface area contributed by atoms with Gasteiger partial charge in [0.2, 0.25) is 5.91 Å². The number of sulfonamides is 1. The molecule has 0 N–H and O–H groups in total. The second-order valence-electron chi connectivity index (χ2n) is 8.86. The summed E-state index contributed by atoms with van der Waals surface area (Å²) in [6.07, 6.45) is 3.06. The number of thioether (sulfide) groups is 1. The number of morpholine rings is 1. The van der Waals surface area contributed by atoms with Gasteiger partial charge < -0.3 is 4.74 Å². The second-order valence-corrected chi connectivity index (χ2v) is 13.8. The lowest BCUT2D eigenvalue weighted by atomic mass is 9.96. The number of aromatic nitrogens is 1. The lowest BCUT2D eigenvalue weighted by Gasteiger charge is -2.34. The van der Waals surface area contributed by atoms with Crippen LogP contribution in [0.15, 0.2) is 44.8 Å². The summed E-state index contributed by atoms with van der Waals surface area (Å²) in [6.45, 7) is 5.16. The molecule has 0 radical (unpaired) electrons. The number of halogens is 1.